The van der Waals surface area contributed by atoms with Gasteiger partial charge in [0.15, 0.2) is 0 Å². The normalized spacial score (nSPS) is 24.1. The fraction of sp³-hybridized carbons (Fsp3) is 0.286. The van der Waals surface area contributed by atoms with Crippen molar-refractivity contribution in [3.63, 3.8) is 0 Å². The number of nitro groups is 1. The van der Waals surface area contributed by atoms with Gasteiger partial charge in [-0.25, -0.2) is 0 Å². The molecule has 3 nitrogen and oxygen atoms in total. The SMILES string of the molecule is CC1=C[C]C([N+](=O)[O-])C=C1. The van der Waals surface area contributed by atoms with E-state index < -0.39 is 6.04 Å². The zero-order valence-corrected chi connectivity index (χ0v) is 5.57. The van der Waals surface area contributed by atoms with Gasteiger partial charge in [-0.2, -0.15) is 0 Å². The van der Waals surface area contributed by atoms with Gasteiger partial charge in [0.1, 0.15) is 0 Å². The van der Waals surface area contributed by atoms with Crippen molar-refractivity contribution >= 4 is 0 Å². The van der Waals surface area contributed by atoms with Gasteiger partial charge in [-0.15, -0.1) is 0 Å². The van der Waals surface area contributed by atoms with E-state index in [0.717, 1.165) is 5.57 Å². The van der Waals surface area contributed by atoms with Crippen LogP contribution in [0.25, 0.3) is 0 Å². The lowest BCUT2D eigenvalue weighted by Gasteiger charge is -2.04. The first-order valence-electron chi connectivity index (χ1n) is 2.94. The van der Waals surface area contributed by atoms with E-state index in [1.807, 2.05) is 6.92 Å². The molecule has 0 amide bonds. The minimum Gasteiger partial charge on any atom is -0.264 e. The standard InChI is InChI=1S/C7H7NO2/c1-6-2-4-7(5-3-6)8(9)10/h2-4,7H,1H3. The molecule has 0 saturated carbocycles. The maximum atomic E-state index is 10.1. The van der Waals surface area contributed by atoms with Crippen molar-refractivity contribution in [2.45, 2.75) is 13.0 Å². The number of nitrogens with zero attached hydrogens (tertiary/aromatic N) is 1. The molecule has 0 heterocycles. The average molecular weight is 137 g/mol. The highest BCUT2D eigenvalue weighted by Gasteiger charge is 2.17. The number of hydrogen-bond acceptors (Lipinski definition) is 2. The molecule has 0 aliphatic heterocycles. The highest BCUT2D eigenvalue weighted by atomic mass is 16.6. The van der Waals surface area contributed by atoms with Crippen molar-refractivity contribution in [2.24, 2.45) is 0 Å². The van der Waals surface area contributed by atoms with Gasteiger partial charge in [-0.3, -0.25) is 10.1 Å². The molecule has 1 unspecified atom stereocenters. The summed E-state index contributed by atoms with van der Waals surface area (Å²) in [7, 11) is 0. The summed E-state index contributed by atoms with van der Waals surface area (Å²) in [6.07, 6.45) is 7.50. The van der Waals surface area contributed by atoms with Crippen LogP contribution in [-0.2, 0) is 0 Å². The van der Waals surface area contributed by atoms with Crippen LogP contribution in [-0.4, -0.2) is 11.0 Å². The molecule has 0 aromatic rings. The van der Waals surface area contributed by atoms with Crippen LogP contribution in [0.2, 0.25) is 0 Å². The maximum absolute atomic E-state index is 10.1. The molecular formula is C7H7NO2. The summed E-state index contributed by atoms with van der Waals surface area (Å²) in [5.41, 5.74) is 0.998. The molecule has 0 spiro atoms. The van der Waals surface area contributed by atoms with Crippen LogP contribution in [0.1, 0.15) is 6.92 Å². The van der Waals surface area contributed by atoms with E-state index in [2.05, 4.69) is 6.42 Å². The van der Waals surface area contributed by atoms with Crippen molar-refractivity contribution in [3.05, 3.63) is 40.3 Å². The summed E-state index contributed by atoms with van der Waals surface area (Å²) in [5.74, 6) is 0. The van der Waals surface area contributed by atoms with Crippen LogP contribution in [0.5, 0.6) is 0 Å². The van der Waals surface area contributed by atoms with Crippen LogP contribution in [0.15, 0.2) is 23.8 Å². The summed E-state index contributed by atoms with van der Waals surface area (Å²) < 4.78 is 0. The molecule has 2 radical (unpaired) electrons. The fourth-order valence-corrected chi connectivity index (χ4v) is 0.695. The highest BCUT2D eigenvalue weighted by molar-refractivity contribution is 5.27. The van der Waals surface area contributed by atoms with E-state index in [0.29, 0.717) is 0 Å². The largest absolute Gasteiger partial charge is 0.264 e. The van der Waals surface area contributed by atoms with Crippen molar-refractivity contribution < 1.29 is 4.92 Å². The van der Waals surface area contributed by atoms with Crippen LogP contribution in [0.4, 0.5) is 0 Å². The summed E-state index contributed by atoms with van der Waals surface area (Å²) in [4.78, 5) is 9.75. The Labute approximate surface area is 59.2 Å². The number of allylic oxidation sites excluding steroid dienone is 2. The quantitative estimate of drug-likeness (QED) is 0.403. The van der Waals surface area contributed by atoms with Gasteiger partial charge in [-0.05, 0) is 13.0 Å². The van der Waals surface area contributed by atoms with Crippen LogP contribution in [0, 0.1) is 16.5 Å². The molecule has 0 aromatic heterocycles. The summed E-state index contributed by atoms with van der Waals surface area (Å²) in [6.45, 7) is 1.87. The molecule has 1 atom stereocenters. The first kappa shape index (κ1) is 6.99. The second-order valence-electron chi connectivity index (χ2n) is 2.14. The summed E-state index contributed by atoms with van der Waals surface area (Å²) in [6, 6.07) is -0.747. The molecule has 1 aliphatic carbocycles. The number of hydrogen-bond donors (Lipinski definition) is 0. The Morgan fingerprint density at radius 2 is 2.50 bits per heavy atom. The molecule has 1 aliphatic rings. The summed E-state index contributed by atoms with van der Waals surface area (Å²) >= 11 is 0. The second kappa shape index (κ2) is 2.64. The smallest absolute Gasteiger partial charge is 0.242 e. The second-order valence-corrected chi connectivity index (χ2v) is 2.14. The molecule has 0 aromatic carbocycles. The van der Waals surface area contributed by atoms with E-state index >= 15 is 0 Å². The minimum atomic E-state index is -0.747. The lowest BCUT2D eigenvalue weighted by molar-refractivity contribution is -0.499. The molecule has 1 rings (SSSR count). The Kier molecular flexibility index (Phi) is 1.85. The summed E-state index contributed by atoms with van der Waals surface area (Å²) in [5, 5.41) is 10.1. The van der Waals surface area contributed by atoms with Gasteiger partial charge in [0.05, 0.1) is 6.42 Å². The third-order valence-corrected chi connectivity index (χ3v) is 1.25. The monoisotopic (exact) mass is 137 g/mol. The first-order valence-corrected chi connectivity index (χ1v) is 2.94. The topological polar surface area (TPSA) is 43.1 Å². The molecule has 10 heavy (non-hydrogen) atoms. The van der Waals surface area contributed by atoms with Crippen LogP contribution in [0.3, 0.4) is 0 Å². The molecule has 0 fully saturated rings. The van der Waals surface area contributed by atoms with Crippen molar-refractivity contribution in [1.29, 1.82) is 0 Å². The Hall–Kier alpha value is -1.12. The molecule has 0 saturated heterocycles. The third-order valence-electron chi connectivity index (χ3n) is 1.25. The minimum absolute atomic E-state index is 0.376. The average Bonchev–Trinajstić information content (AvgIpc) is 1.88. The molecule has 3 heteroatoms. The lowest BCUT2D eigenvalue weighted by atomic mass is 10.1. The van der Waals surface area contributed by atoms with E-state index in [9.17, 15) is 10.1 Å². The Bertz CT molecular complexity index is 206. The molecule has 0 bridgehead atoms. The molecule has 0 N–H and O–H groups in total. The molecular weight excluding hydrogens is 130 g/mol. The van der Waals surface area contributed by atoms with Gasteiger partial charge >= 0.3 is 0 Å². The van der Waals surface area contributed by atoms with Gasteiger partial charge in [-0.1, -0.05) is 17.7 Å². The lowest BCUT2D eigenvalue weighted by Crippen LogP contribution is -2.17. The molecule has 52 valence electrons. The highest BCUT2D eigenvalue weighted by Crippen LogP contribution is 2.10. The predicted octanol–water partition coefficient (Wildman–Crippen LogP) is 1.23. The Morgan fingerprint density at radius 1 is 1.80 bits per heavy atom. The van der Waals surface area contributed by atoms with E-state index in [4.69, 9.17) is 0 Å². The Morgan fingerprint density at radius 3 is 2.90 bits per heavy atom. The zero-order valence-electron chi connectivity index (χ0n) is 5.57. The zero-order chi connectivity index (χ0) is 7.56. The number of rotatable bonds is 1. The van der Waals surface area contributed by atoms with E-state index in [-0.39, 0.29) is 4.92 Å². The maximum Gasteiger partial charge on any atom is 0.242 e. The first-order chi connectivity index (χ1) is 4.70. The van der Waals surface area contributed by atoms with Crippen molar-refractivity contribution in [2.75, 3.05) is 0 Å². The van der Waals surface area contributed by atoms with Crippen molar-refractivity contribution in [1.82, 2.24) is 0 Å². The van der Waals surface area contributed by atoms with Crippen LogP contribution >= 0.6 is 0 Å². The predicted molar refractivity (Wildman–Crippen MR) is 36.9 cm³/mol. The van der Waals surface area contributed by atoms with Gasteiger partial charge < -0.3 is 0 Å². The van der Waals surface area contributed by atoms with E-state index in [1.54, 1.807) is 12.2 Å². The van der Waals surface area contributed by atoms with Gasteiger partial charge in [0.25, 0.3) is 0 Å². The van der Waals surface area contributed by atoms with Gasteiger partial charge in [0.2, 0.25) is 6.04 Å². The fourth-order valence-electron chi connectivity index (χ4n) is 0.695. The third kappa shape index (κ3) is 1.43. The van der Waals surface area contributed by atoms with E-state index in [1.165, 1.54) is 6.08 Å². The van der Waals surface area contributed by atoms with Crippen LogP contribution < -0.4 is 0 Å². The van der Waals surface area contributed by atoms with Crippen molar-refractivity contribution in [3.8, 4) is 0 Å². The van der Waals surface area contributed by atoms with Gasteiger partial charge in [0, 0.05) is 4.92 Å². The Balaban J connectivity index is 2.60.